The molecule has 2 aromatic rings. The molecule has 21 heavy (non-hydrogen) atoms. The summed E-state index contributed by atoms with van der Waals surface area (Å²) in [6.07, 6.45) is 1.54. The van der Waals surface area contributed by atoms with E-state index in [9.17, 15) is 22.4 Å². The van der Waals surface area contributed by atoms with Crippen LogP contribution in [0.2, 0.25) is 0 Å². The maximum atomic E-state index is 13.8. The number of hydrogen-bond acceptors (Lipinski definition) is 4. The molecule has 9 heteroatoms. The van der Waals surface area contributed by atoms with E-state index >= 15 is 0 Å². The SMILES string of the molecule is CSc1nc(-c2cc(F)c(F)c(F)c2F)c(C#N)c(=O)[nH]1. The number of aromatic amines is 1. The first-order valence-electron chi connectivity index (χ1n) is 5.32. The first-order chi connectivity index (χ1) is 9.90. The summed E-state index contributed by atoms with van der Waals surface area (Å²) in [6, 6.07) is 1.82. The van der Waals surface area contributed by atoms with Crippen molar-refractivity contribution in [1.82, 2.24) is 9.97 Å². The van der Waals surface area contributed by atoms with Crippen molar-refractivity contribution in [2.45, 2.75) is 5.16 Å². The number of H-pyrrole nitrogens is 1. The van der Waals surface area contributed by atoms with Crippen molar-refractivity contribution in [3.8, 4) is 17.3 Å². The summed E-state index contributed by atoms with van der Waals surface area (Å²) >= 11 is 0.968. The van der Waals surface area contributed by atoms with Crippen LogP contribution in [-0.4, -0.2) is 16.2 Å². The molecule has 4 nitrogen and oxygen atoms in total. The molecule has 0 aliphatic carbocycles. The summed E-state index contributed by atoms with van der Waals surface area (Å²) in [5.41, 5.74) is -2.88. The molecule has 1 aromatic heterocycles. The molecule has 0 aliphatic rings. The Labute approximate surface area is 119 Å². The van der Waals surface area contributed by atoms with Gasteiger partial charge in [-0.2, -0.15) is 5.26 Å². The lowest BCUT2D eigenvalue weighted by Gasteiger charge is -2.08. The van der Waals surface area contributed by atoms with Gasteiger partial charge in [0.15, 0.2) is 28.4 Å². The minimum atomic E-state index is -2.04. The van der Waals surface area contributed by atoms with Gasteiger partial charge >= 0.3 is 0 Å². The lowest BCUT2D eigenvalue weighted by atomic mass is 10.1. The smallest absolute Gasteiger partial charge is 0.270 e. The van der Waals surface area contributed by atoms with Gasteiger partial charge < -0.3 is 4.98 Å². The summed E-state index contributed by atoms with van der Waals surface area (Å²) in [5, 5.41) is 8.92. The second kappa shape index (κ2) is 5.57. The van der Waals surface area contributed by atoms with E-state index in [-0.39, 0.29) is 5.16 Å². The number of hydrogen-bond donors (Lipinski definition) is 1. The van der Waals surface area contributed by atoms with Crippen molar-refractivity contribution in [1.29, 1.82) is 5.26 Å². The van der Waals surface area contributed by atoms with E-state index in [4.69, 9.17) is 5.26 Å². The third-order valence-electron chi connectivity index (χ3n) is 2.56. The second-order valence-corrected chi connectivity index (χ2v) is 4.55. The van der Waals surface area contributed by atoms with E-state index < -0.39 is 45.6 Å². The molecule has 0 atom stereocenters. The van der Waals surface area contributed by atoms with Crippen LogP contribution in [0.3, 0.4) is 0 Å². The Hall–Kier alpha value is -2.34. The van der Waals surface area contributed by atoms with Gasteiger partial charge in [-0.05, 0) is 12.3 Å². The standard InChI is InChI=1S/C12H5F4N3OS/c1-21-12-18-10(5(3-17)11(20)19-12)4-2-6(13)8(15)9(16)7(4)14/h2H,1H3,(H,18,19,20). The second-order valence-electron chi connectivity index (χ2n) is 3.76. The lowest BCUT2D eigenvalue weighted by molar-refractivity contribution is 0.410. The molecule has 1 N–H and O–H groups in total. The van der Waals surface area contributed by atoms with Gasteiger partial charge in [0, 0.05) is 5.56 Å². The molecule has 0 amide bonds. The van der Waals surface area contributed by atoms with Gasteiger partial charge in [0.25, 0.3) is 5.56 Å². The Morgan fingerprint density at radius 2 is 1.90 bits per heavy atom. The summed E-state index contributed by atoms with van der Waals surface area (Å²) < 4.78 is 53.2. The zero-order valence-corrected chi connectivity index (χ0v) is 11.1. The Bertz CT molecular complexity index is 829. The van der Waals surface area contributed by atoms with E-state index in [2.05, 4.69) is 9.97 Å². The summed E-state index contributed by atoms with van der Waals surface area (Å²) in [4.78, 5) is 17.6. The fourth-order valence-electron chi connectivity index (χ4n) is 1.59. The van der Waals surface area contributed by atoms with Crippen LogP contribution in [0.1, 0.15) is 5.56 Å². The van der Waals surface area contributed by atoms with E-state index in [1.165, 1.54) is 12.3 Å². The Morgan fingerprint density at radius 3 is 2.48 bits per heavy atom. The van der Waals surface area contributed by atoms with Gasteiger partial charge in [-0.3, -0.25) is 4.79 Å². The molecule has 0 fully saturated rings. The fourth-order valence-corrected chi connectivity index (χ4v) is 1.97. The zero-order chi connectivity index (χ0) is 15.7. The third kappa shape index (κ3) is 2.50. The van der Waals surface area contributed by atoms with Crippen molar-refractivity contribution < 1.29 is 17.6 Å². The molecule has 0 radical (unpaired) electrons. The van der Waals surface area contributed by atoms with Gasteiger partial charge in [0.2, 0.25) is 0 Å². The number of rotatable bonds is 2. The topological polar surface area (TPSA) is 69.5 Å². The average molecular weight is 315 g/mol. The Kier molecular flexibility index (Phi) is 3.99. The highest BCUT2D eigenvalue weighted by Crippen LogP contribution is 2.28. The van der Waals surface area contributed by atoms with Gasteiger partial charge in [0.1, 0.15) is 11.6 Å². The van der Waals surface area contributed by atoms with E-state index in [0.29, 0.717) is 6.07 Å². The monoisotopic (exact) mass is 315 g/mol. The van der Waals surface area contributed by atoms with E-state index in [1.54, 1.807) is 0 Å². The van der Waals surface area contributed by atoms with Crippen molar-refractivity contribution in [2.24, 2.45) is 0 Å². The first kappa shape index (κ1) is 15.1. The lowest BCUT2D eigenvalue weighted by Crippen LogP contribution is -2.15. The van der Waals surface area contributed by atoms with Crippen LogP contribution < -0.4 is 5.56 Å². The van der Waals surface area contributed by atoms with Crippen LogP contribution in [0.4, 0.5) is 17.6 Å². The maximum Gasteiger partial charge on any atom is 0.270 e. The number of nitriles is 1. The van der Waals surface area contributed by atoms with Crippen LogP contribution in [0.25, 0.3) is 11.3 Å². The van der Waals surface area contributed by atoms with Crippen LogP contribution in [0, 0.1) is 34.6 Å². The van der Waals surface area contributed by atoms with Crippen molar-refractivity contribution in [2.75, 3.05) is 6.26 Å². The third-order valence-corrected chi connectivity index (χ3v) is 3.14. The minimum Gasteiger partial charge on any atom is -0.300 e. The molecule has 1 aromatic carbocycles. The molecular formula is C12H5F4N3OS. The molecule has 0 unspecified atom stereocenters. The van der Waals surface area contributed by atoms with Gasteiger partial charge in [-0.15, -0.1) is 0 Å². The zero-order valence-electron chi connectivity index (χ0n) is 10.3. The molecule has 0 saturated heterocycles. The van der Waals surface area contributed by atoms with Crippen molar-refractivity contribution in [3.05, 3.63) is 45.3 Å². The Balaban J connectivity index is 2.88. The number of nitrogens with one attached hydrogen (secondary N) is 1. The highest BCUT2D eigenvalue weighted by atomic mass is 32.2. The molecule has 0 saturated carbocycles. The number of thioether (sulfide) groups is 1. The number of aromatic nitrogens is 2. The van der Waals surface area contributed by atoms with E-state index in [0.717, 1.165) is 11.8 Å². The predicted octanol–water partition coefficient (Wildman–Crippen LogP) is 2.59. The predicted molar refractivity (Wildman–Crippen MR) is 66.6 cm³/mol. The molecule has 0 spiro atoms. The number of nitrogens with zero attached hydrogens (tertiary/aromatic N) is 2. The number of halogens is 4. The van der Waals surface area contributed by atoms with Crippen LogP contribution >= 0.6 is 11.8 Å². The number of benzene rings is 1. The van der Waals surface area contributed by atoms with Gasteiger partial charge in [-0.25, -0.2) is 22.5 Å². The largest absolute Gasteiger partial charge is 0.300 e. The molecule has 1 heterocycles. The molecular weight excluding hydrogens is 310 g/mol. The van der Waals surface area contributed by atoms with Crippen LogP contribution in [0.15, 0.2) is 16.0 Å². The molecule has 0 bridgehead atoms. The highest BCUT2D eigenvalue weighted by molar-refractivity contribution is 7.98. The normalized spacial score (nSPS) is 10.5. The van der Waals surface area contributed by atoms with Crippen LogP contribution in [0.5, 0.6) is 0 Å². The van der Waals surface area contributed by atoms with E-state index in [1.807, 2.05) is 0 Å². The average Bonchev–Trinajstić information content (AvgIpc) is 2.47. The Morgan fingerprint density at radius 1 is 1.24 bits per heavy atom. The van der Waals surface area contributed by atoms with Crippen molar-refractivity contribution in [3.63, 3.8) is 0 Å². The summed E-state index contributed by atoms with van der Waals surface area (Å²) in [6.45, 7) is 0. The van der Waals surface area contributed by atoms with Gasteiger partial charge in [0.05, 0.1) is 5.69 Å². The fraction of sp³-hybridized carbons (Fsp3) is 0.0833. The summed E-state index contributed by atoms with van der Waals surface area (Å²) in [7, 11) is 0. The highest BCUT2D eigenvalue weighted by Gasteiger charge is 2.24. The quantitative estimate of drug-likeness (QED) is 0.304. The molecule has 2 rings (SSSR count). The van der Waals surface area contributed by atoms with Crippen LogP contribution in [-0.2, 0) is 0 Å². The summed E-state index contributed by atoms with van der Waals surface area (Å²) in [5.74, 6) is -7.40. The molecule has 0 aliphatic heterocycles. The minimum absolute atomic E-state index is 0.0125. The van der Waals surface area contributed by atoms with Crippen molar-refractivity contribution >= 4 is 11.8 Å². The first-order valence-corrected chi connectivity index (χ1v) is 6.55. The van der Waals surface area contributed by atoms with Gasteiger partial charge in [-0.1, -0.05) is 11.8 Å². The maximum absolute atomic E-state index is 13.8. The molecule has 108 valence electrons.